The van der Waals surface area contributed by atoms with Gasteiger partial charge >= 0.3 is 12.1 Å². The van der Waals surface area contributed by atoms with Crippen LogP contribution in [0.25, 0.3) is 0 Å². The van der Waals surface area contributed by atoms with Crippen molar-refractivity contribution < 1.29 is 19.4 Å². The molecule has 1 rings (SSSR count). The number of carboxylic acids is 1. The topological polar surface area (TPSA) is 75.6 Å². The number of anilines is 1. The molecule has 0 aliphatic carbocycles. The van der Waals surface area contributed by atoms with Crippen LogP contribution in [0.3, 0.4) is 0 Å². The van der Waals surface area contributed by atoms with E-state index in [0.29, 0.717) is 5.69 Å². The summed E-state index contributed by atoms with van der Waals surface area (Å²) in [6.45, 7) is 4.72. The van der Waals surface area contributed by atoms with Gasteiger partial charge in [0.15, 0.2) is 0 Å². The van der Waals surface area contributed by atoms with Crippen LogP contribution in [-0.4, -0.2) is 23.8 Å². The molecule has 0 spiro atoms. The van der Waals surface area contributed by atoms with E-state index in [-0.39, 0.29) is 6.61 Å². The molecule has 2 N–H and O–H groups in total. The average molecular weight is 251 g/mol. The minimum Gasteiger partial charge on any atom is -0.481 e. The van der Waals surface area contributed by atoms with E-state index >= 15 is 0 Å². The Bertz CT molecular complexity index is 454. The molecule has 0 saturated heterocycles. The van der Waals surface area contributed by atoms with Crippen molar-refractivity contribution in [3.63, 3.8) is 0 Å². The minimum absolute atomic E-state index is 0.181. The molecule has 5 heteroatoms. The molecule has 98 valence electrons. The lowest BCUT2D eigenvalue weighted by Gasteiger charge is -2.18. The molecule has 0 atom stereocenters. The Morgan fingerprint density at radius 3 is 2.61 bits per heavy atom. The second kappa shape index (κ2) is 5.53. The summed E-state index contributed by atoms with van der Waals surface area (Å²) in [7, 11) is 0. The molecule has 5 nitrogen and oxygen atoms in total. The summed E-state index contributed by atoms with van der Waals surface area (Å²) in [6, 6.07) is 7.25. The highest BCUT2D eigenvalue weighted by Gasteiger charge is 2.29. The Kier molecular flexibility index (Phi) is 4.31. The van der Waals surface area contributed by atoms with Gasteiger partial charge in [-0.1, -0.05) is 12.1 Å². The molecule has 1 amide bonds. The predicted octanol–water partition coefficient (Wildman–Crippen LogP) is 2.65. The number of carbonyl (C=O) groups excluding carboxylic acids is 1. The van der Waals surface area contributed by atoms with Crippen LogP contribution in [0.5, 0.6) is 0 Å². The highest BCUT2D eigenvalue weighted by molar-refractivity contribution is 5.85. The number of carboxylic acid groups (broad SMARTS) is 1. The zero-order valence-corrected chi connectivity index (χ0v) is 10.7. The minimum atomic E-state index is -1.09. The molecule has 0 aliphatic rings. The highest BCUT2D eigenvalue weighted by atomic mass is 16.5. The lowest BCUT2D eigenvalue weighted by molar-refractivity contribution is -0.148. The molecule has 0 radical (unpaired) electrons. The van der Waals surface area contributed by atoms with Gasteiger partial charge in [0.25, 0.3) is 0 Å². The summed E-state index contributed by atoms with van der Waals surface area (Å²) in [4.78, 5) is 22.3. The van der Waals surface area contributed by atoms with Gasteiger partial charge in [-0.05, 0) is 38.5 Å². The maximum absolute atomic E-state index is 11.5. The Labute approximate surface area is 106 Å². The lowest BCUT2D eigenvalue weighted by Crippen LogP contribution is -2.31. The smallest absolute Gasteiger partial charge is 0.411 e. The first-order chi connectivity index (χ1) is 8.31. The number of aliphatic carboxylic acids is 1. The maximum atomic E-state index is 11.5. The fraction of sp³-hybridized carbons (Fsp3) is 0.385. The van der Waals surface area contributed by atoms with Gasteiger partial charge < -0.3 is 9.84 Å². The summed E-state index contributed by atoms with van der Waals surface area (Å²) >= 11 is 0. The first kappa shape index (κ1) is 14.0. The molecule has 0 aliphatic heterocycles. The largest absolute Gasteiger partial charge is 0.481 e. The van der Waals surface area contributed by atoms with Crippen LogP contribution in [0.1, 0.15) is 19.4 Å². The zero-order valence-electron chi connectivity index (χ0n) is 10.7. The number of hydrogen-bond acceptors (Lipinski definition) is 3. The fourth-order valence-electron chi connectivity index (χ4n) is 1.18. The molecule has 18 heavy (non-hydrogen) atoms. The summed E-state index contributed by atoms with van der Waals surface area (Å²) in [5, 5.41) is 11.4. The van der Waals surface area contributed by atoms with Crippen LogP contribution >= 0.6 is 0 Å². The van der Waals surface area contributed by atoms with Crippen LogP contribution in [0.4, 0.5) is 10.5 Å². The average Bonchev–Trinajstić information content (AvgIpc) is 2.26. The van der Waals surface area contributed by atoms with Crippen LogP contribution in [-0.2, 0) is 9.53 Å². The standard InChI is InChI=1S/C13H17NO4/c1-9-5-4-6-10(7-9)14-12(17)18-8-13(2,3)11(15)16/h4-7H,8H2,1-3H3,(H,14,17)(H,15,16). The third-order valence-electron chi connectivity index (χ3n) is 2.41. The number of benzene rings is 1. The number of ether oxygens (including phenoxy) is 1. The zero-order chi connectivity index (χ0) is 13.8. The van der Waals surface area contributed by atoms with Crippen molar-refractivity contribution in [3.8, 4) is 0 Å². The number of amides is 1. The first-order valence-corrected chi connectivity index (χ1v) is 5.55. The summed E-state index contributed by atoms with van der Waals surface area (Å²) in [5.41, 5.74) is 0.538. The Hall–Kier alpha value is -2.04. The summed E-state index contributed by atoms with van der Waals surface area (Å²) < 4.78 is 4.88. The number of hydrogen-bond donors (Lipinski definition) is 2. The van der Waals surface area contributed by atoms with Crippen molar-refractivity contribution in [2.45, 2.75) is 20.8 Å². The van der Waals surface area contributed by atoms with Crippen molar-refractivity contribution in [1.82, 2.24) is 0 Å². The normalized spacial score (nSPS) is 10.8. The van der Waals surface area contributed by atoms with Crippen molar-refractivity contribution in [2.24, 2.45) is 5.41 Å². The number of rotatable bonds is 4. The van der Waals surface area contributed by atoms with Gasteiger partial charge in [0.1, 0.15) is 6.61 Å². The SMILES string of the molecule is Cc1cccc(NC(=O)OCC(C)(C)C(=O)O)c1. The van der Waals surface area contributed by atoms with E-state index < -0.39 is 17.5 Å². The molecular weight excluding hydrogens is 234 g/mol. The molecule has 0 heterocycles. The molecule has 0 fully saturated rings. The van der Waals surface area contributed by atoms with Gasteiger partial charge in [0.2, 0.25) is 0 Å². The van der Waals surface area contributed by atoms with Crippen molar-refractivity contribution >= 4 is 17.7 Å². The van der Waals surface area contributed by atoms with Crippen LogP contribution in [0, 0.1) is 12.3 Å². The highest BCUT2D eigenvalue weighted by Crippen LogP contribution is 2.16. The van der Waals surface area contributed by atoms with E-state index in [4.69, 9.17) is 9.84 Å². The Balaban J connectivity index is 2.50. The van der Waals surface area contributed by atoms with Gasteiger partial charge in [-0.25, -0.2) is 4.79 Å². The molecule has 1 aromatic carbocycles. The number of nitrogens with one attached hydrogen (secondary N) is 1. The van der Waals surface area contributed by atoms with Gasteiger partial charge in [-0.3, -0.25) is 10.1 Å². The molecule has 0 saturated carbocycles. The van der Waals surface area contributed by atoms with E-state index in [1.807, 2.05) is 19.1 Å². The molecule has 0 unspecified atom stereocenters. The van der Waals surface area contributed by atoms with E-state index in [0.717, 1.165) is 5.56 Å². The summed E-state index contributed by atoms with van der Waals surface area (Å²) in [6.07, 6.45) is -0.657. The second-order valence-corrected chi connectivity index (χ2v) is 4.76. The fourth-order valence-corrected chi connectivity index (χ4v) is 1.18. The number of aryl methyl sites for hydroxylation is 1. The van der Waals surface area contributed by atoms with Gasteiger partial charge in [-0.2, -0.15) is 0 Å². The van der Waals surface area contributed by atoms with Crippen LogP contribution in [0.2, 0.25) is 0 Å². The quantitative estimate of drug-likeness (QED) is 0.862. The lowest BCUT2D eigenvalue weighted by atomic mass is 9.95. The van der Waals surface area contributed by atoms with Crippen molar-refractivity contribution in [2.75, 3.05) is 11.9 Å². The van der Waals surface area contributed by atoms with Crippen molar-refractivity contribution in [3.05, 3.63) is 29.8 Å². The predicted molar refractivity (Wildman–Crippen MR) is 67.6 cm³/mol. The number of carbonyl (C=O) groups is 2. The van der Waals surface area contributed by atoms with Crippen LogP contribution < -0.4 is 5.32 Å². The molecule has 0 aromatic heterocycles. The third kappa shape index (κ3) is 4.08. The molecule has 1 aromatic rings. The Morgan fingerprint density at radius 1 is 1.39 bits per heavy atom. The van der Waals surface area contributed by atoms with E-state index in [1.165, 1.54) is 13.8 Å². The second-order valence-electron chi connectivity index (χ2n) is 4.76. The van der Waals surface area contributed by atoms with E-state index in [2.05, 4.69) is 5.32 Å². The van der Waals surface area contributed by atoms with Gasteiger partial charge in [0, 0.05) is 5.69 Å². The summed E-state index contributed by atoms with van der Waals surface area (Å²) in [5.74, 6) is -1.01. The monoisotopic (exact) mass is 251 g/mol. The first-order valence-electron chi connectivity index (χ1n) is 5.55. The van der Waals surface area contributed by atoms with Crippen molar-refractivity contribution in [1.29, 1.82) is 0 Å². The van der Waals surface area contributed by atoms with E-state index in [9.17, 15) is 9.59 Å². The van der Waals surface area contributed by atoms with E-state index in [1.54, 1.807) is 12.1 Å². The Morgan fingerprint density at radius 2 is 2.06 bits per heavy atom. The van der Waals surface area contributed by atoms with Crippen LogP contribution in [0.15, 0.2) is 24.3 Å². The molecular formula is C13H17NO4. The maximum Gasteiger partial charge on any atom is 0.411 e. The van der Waals surface area contributed by atoms with Gasteiger partial charge in [0.05, 0.1) is 5.41 Å². The third-order valence-corrected chi connectivity index (χ3v) is 2.41. The molecule has 0 bridgehead atoms. The van der Waals surface area contributed by atoms with Gasteiger partial charge in [-0.15, -0.1) is 0 Å².